The van der Waals surface area contributed by atoms with Crippen molar-refractivity contribution >= 4 is 16.1 Å². The third-order valence-electron chi connectivity index (χ3n) is 6.28. The molecule has 8 heteroatoms. The Morgan fingerprint density at radius 3 is 2.13 bits per heavy atom. The molecular formula is C23H32N4O3S. The van der Waals surface area contributed by atoms with Crippen LogP contribution in [0, 0.1) is 0 Å². The van der Waals surface area contributed by atoms with Gasteiger partial charge in [-0.05, 0) is 37.0 Å². The Hall–Kier alpha value is -2.16. The maximum Gasteiger partial charge on any atom is 0.282 e. The quantitative estimate of drug-likeness (QED) is 0.688. The van der Waals surface area contributed by atoms with Crippen molar-refractivity contribution in [3.63, 3.8) is 0 Å². The smallest absolute Gasteiger partial charge is 0.282 e. The molecular weight excluding hydrogens is 412 g/mol. The molecule has 0 spiro atoms. The van der Waals surface area contributed by atoms with Gasteiger partial charge < -0.3 is 9.47 Å². The summed E-state index contributed by atoms with van der Waals surface area (Å²) in [6, 6.07) is 13.6. The van der Waals surface area contributed by atoms with Crippen LogP contribution >= 0.6 is 0 Å². The largest absolute Gasteiger partial charge is 0.342 e. The minimum absolute atomic E-state index is 0.0530. The molecule has 0 radical (unpaired) electrons. The number of nitrogens with zero attached hydrogens (tertiary/aromatic N) is 4. The van der Waals surface area contributed by atoms with E-state index in [1.54, 1.807) is 8.61 Å². The number of amides is 1. The number of piperidine rings is 1. The zero-order valence-corrected chi connectivity index (χ0v) is 18.8. The molecule has 1 atom stereocenters. The van der Waals surface area contributed by atoms with E-state index in [2.05, 4.69) is 0 Å². The van der Waals surface area contributed by atoms with E-state index in [4.69, 9.17) is 0 Å². The zero-order chi connectivity index (χ0) is 21.7. The summed E-state index contributed by atoms with van der Waals surface area (Å²) in [6.07, 6.45) is 8.07. The molecule has 0 unspecified atom stereocenters. The van der Waals surface area contributed by atoms with E-state index in [1.807, 2.05) is 64.3 Å². The van der Waals surface area contributed by atoms with E-state index in [-0.39, 0.29) is 11.9 Å². The molecule has 0 N–H and O–H groups in total. The number of carbonyl (C=O) groups excluding carboxylic acids is 1. The van der Waals surface area contributed by atoms with Crippen molar-refractivity contribution in [2.24, 2.45) is 0 Å². The van der Waals surface area contributed by atoms with Crippen molar-refractivity contribution in [3.8, 4) is 0 Å². The molecule has 0 bridgehead atoms. The monoisotopic (exact) mass is 444 g/mol. The molecule has 2 aliphatic heterocycles. The second-order valence-corrected chi connectivity index (χ2v) is 10.3. The van der Waals surface area contributed by atoms with Crippen LogP contribution in [0.1, 0.15) is 37.3 Å². The number of hydrogen-bond donors (Lipinski definition) is 0. The van der Waals surface area contributed by atoms with Gasteiger partial charge in [0.25, 0.3) is 10.2 Å². The van der Waals surface area contributed by atoms with Crippen LogP contribution in [-0.2, 0) is 21.4 Å². The van der Waals surface area contributed by atoms with Crippen molar-refractivity contribution in [2.45, 2.75) is 38.1 Å². The topological polar surface area (TPSA) is 65.9 Å². The SMILES string of the molecule is O=C([C@H](Cc1ccccc1)n1cccc1)N1CCCN(S(=O)(=O)N2CCCCC2)CC1. The fraction of sp³-hybridized carbons (Fsp3) is 0.522. The van der Waals surface area contributed by atoms with Crippen molar-refractivity contribution in [3.05, 3.63) is 60.4 Å². The Balaban J connectivity index is 1.46. The van der Waals surface area contributed by atoms with Crippen molar-refractivity contribution in [1.29, 1.82) is 0 Å². The van der Waals surface area contributed by atoms with Crippen LogP contribution in [0.3, 0.4) is 0 Å². The molecule has 2 fully saturated rings. The average Bonchev–Trinajstić information content (AvgIpc) is 3.21. The normalized spacial score (nSPS) is 20.3. The van der Waals surface area contributed by atoms with E-state index in [1.165, 1.54) is 0 Å². The number of rotatable bonds is 6. The molecule has 1 aromatic carbocycles. The lowest BCUT2D eigenvalue weighted by molar-refractivity contribution is -0.134. The fourth-order valence-corrected chi connectivity index (χ4v) is 6.25. The Morgan fingerprint density at radius 1 is 0.774 bits per heavy atom. The lowest BCUT2D eigenvalue weighted by Gasteiger charge is -2.31. The van der Waals surface area contributed by atoms with E-state index in [0.717, 1.165) is 24.8 Å². The summed E-state index contributed by atoms with van der Waals surface area (Å²) in [5.74, 6) is 0.0530. The minimum Gasteiger partial charge on any atom is -0.342 e. The van der Waals surface area contributed by atoms with Gasteiger partial charge in [-0.2, -0.15) is 17.0 Å². The van der Waals surface area contributed by atoms with E-state index >= 15 is 0 Å². The first-order valence-corrected chi connectivity index (χ1v) is 12.7. The standard InChI is InChI=1S/C23H32N4O3S/c28-23(22(24-12-7-8-13-24)20-21-10-3-1-4-11-21)25-14-9-17-27(19-18-25)31(29,30)26-15-5-2-6-16-26/h1,3-4,7-8,10-13,22H,2,5-6,9,14-20H2/t22-/m0/s1. The molecule has 0 aliphatic carbocycles. The summed E-state index contributed by atoms with van der Waals surface area (Å²) in [6.45, 7) is 3.04. The Labute approximate surface area is 185 Å². The average molecular weight is 445 g/mol. The predicted molar refractivity (Wildman–Crippen MR) is 121 cm³/mol. The third-order valence-corrected chi connectivity index (χ3v) is 8.31. The highest BCUT2D eigenvalue weighted by molar-refractivity contribution is 7.86. The first kappa shape index (κ1) is 22.0. The molecule has 7 nitrogen and oxygen atoms in total. The van der Waals surface area contributed by atoms with Crippen LogP contribution in [0.5, 0.6) is 0 Å². The van der Waals surface area contributed by atoms with E-state index in [0.29, 0.717) is 52.1 Å². The summed E-state index contributed by atoms with van der Waals surface area (Å²) < 4.78 is 31.3. The van der Waals surface area contributed by atoms with Crippen LogP contribution < -0.4 is 0 Å². The Bertz CT molecular complexity index is 940. The van der Waals surface area contributed by atoms with Gasteiger partial charge in [0.15, 0.2) is 0 Å². The van der Waals surface area contributed by atoms with Crippen molar-refractivity contribution in [2.75, 3.05) is 39.3 Å². The lowest BCUT2D eigenvalue weighted by atomic mass is 10.0. The van der Waals surface area contributed by atoms with Gasteiger partial charge in [-0.15, -0.1) is 0 Å². The van der Waals surface area contributed by atoms with Gasteiger partial charge in [0.05, 0.1) is 0 Å². The highest BCUT2D eigenvalue weighted by atomic mass is 32.2. The van der Waals surface area contributed by atoms with E-state index < -0.39 is 10.2 Å². The highest BCUT2D eigenvalue weighted by Crippen LogP contribution is 2.21. The molecule has 2 aliphatic rings. The maximum atomic E-state index is 13.5. The summed E-state index contributed by atoms with van der Waals surface area (Å²) in [7, 11) is -3.45. The predicted octanol–water partition coefficient (Wildman–Crippen LogP) is 2.54. The zero-order valence-electron chi connectivity index (χ0n) is 18.0. The number of hydrogen-bond acceptors (Lipinski definition) is 3. The summed E-state index contributed by atoms with van der Waals surface area (Å²) in [5.41, 5.74) is 1.11. The second-order valence-electron chi connectivity index (χ2n) is 8.38. The Kier molecular flexibility index (Phi) is 7.09. The van der Waals surface area contributed by atoms with Gasteiger partial charge in [-0.3, -0.25) is 4.79 Å². The summed E-state index contributed by atoms with van der Waals surface area (Å²) in [5, 5.41) is 0. The fourth-order valence-electron chi connectivity index (χ4n) is 4.53. The van der Waals surface area contributed by atoms with Gasteiger partial charge in [-0.1, -0.05) is 36.8 Å². The van der Waals surface area contributed by atoms with Crippen molar-refractivity contribution < 1.29 is 13.2 Å². The van der Waals surface area contributed by atoms with Crippen LogP contribution in [0.25, 0.3) is 0 Å². The Morgan fingerprint density at radius 2 is 1.42 bits per heavy atom. The molecule has 2 aromatic rings. The molecule has 2 saturated heterocycles. The maximum absolute atomic E-state index is 13.5. The second kappa shape index (κ2) is 9.97. The van der Waals surface area contributed by atoms with Crippen LogP contribution in [0.2, 0.25) is 0 Å². The van der Waals surface area contributed by atoms with Gasteiger partial charge >= 0.3 is 0 Å². The molecule has 0 saturated carbocycles. The van der Waals surface area contributed by atoms with E-state index in [9.17, 15) is 13.2 Å². The third kappa shape index (κ3) is 5.19. The van der Waals surface area contributed by atoms with Gasteiger partial charge in [0, 0.05) is 58.1 Å². The molecule has 4 rings (SSSR count). The minimum atomic E-state index is -3.45. The van der Waals surface area contributed by atoms with Gasteiger partial charge in [0.2, 0.25) is 5.91 Å². The number of aromatic nitrogens is 1. The van der Waals surface area contributed by atoms with Gasteiger partial charge in [-0.25, -0.2) is 0 Å². The molecule has 3 heterocycles. The summed E-state index contributed by atoms with van der Waals surface area (Å²) in [4.78, 5) is 15.4. The first-order chi connectivity index (χ1) is 15.1. The number of carbonyl (C=O) groups is 1. The van der Waals surface area contributed by atoms with Crippen molar-refractivity contribution in [1.82, 2.24) is 18.1 Å². The number of benzene rings is 1. The van der Waals surface area contributed by atoms with Crippen LogP contribution in [0.15, 0.2) is 54.9 Å². The lowest BCUT2D eigenvalue weighted by Crippen LogP contribution is -2.47. The molecule has 1 aromatic heterocycles. The summed E-state index contributed by atoms with van der Waals surface area (Å²) >= 11 is 0. The highest BCUT2D eigenvalue weighted by Gasteiger charge is 2.34. The molecule has 168 valence electrons. The van der Waals surface area contributed by atoms with Crippen LogP contribution in [-0.4, -0.2) is 71.7 Å². The van der Waals surface area contributed by atoms with Crippen LogP contribution in [0.4, 0.5) is 0 Å². The molecule has 31 heavy (non-hydrogen) atoms. The molecule has 1 amide bonds. The van der Waals surface area contributed by atoms with Gasteiger partial charge in [0.1, 0.15) is 6.04 Å². The first-order valence-electron chi connectivity index (χ1n) is 11.3.